The lowest BCUT2D eigenvalue weighted by Gasteiger charge is -2.18. The minimum atomic E-state index is -0.929. The van der Waals surface area contributed by atoms with Gasteiger partial charge in [0.05, 0.1) is 20.1 Å². The molecule has 0 saturated carbocycles. The van der Waals surface area contributed by atoms with Gasteiger partial charge < -0.3 is 24.1 Å². The number of carbonyl (C=O) groups is 1. The Hall–Kier alpha value is -4.45. The van der Waals surface area contributed by atoms with E-state index in [0.717, 1.165) is 16.7 Å². The lowest BCUT2D eigenvalue weighted by atomic mass is 9.91. The zero-order valence-electron chi connectivity index (χ0n) is 20.9. The number of ether oxygens (including phenoxy) is 4. The summed E-state index contributed by atoms with van der Waals surface area (Å²) in [5, 5.41) is 10.1. The monoisotopic (exact) mass is 498 g/mol. The molecular weight excluding hydrogens is 468 g/mol. The predicted octanol–water partition coefficient (Wildman–Crippen LogP) is 6.27. The first kappa shape index (κ1) is 25.6. The van der Waals surface area contributed by atoms with Crippen LogP contribution in [-0.2, 0) is 24.4 Å². The van der Waals surface area contributed by atoms with Crippen LogP contribution in [0.25, 0.3) is 0 Å². The Balaban J connectivity index is 1.54. The van der Waals surface area contributed by atoms with Crippen molar-refractivity contribution in [3.05, 3.63) is 119 Å². The summed E-state index contributed by atoms with van der Waals surface area (Å²) < 4.78 is 22.9. The maximum atomic E-state index is 12.3. The number of aliphatic carboxylic acids is 1. The van der Waals surface area contributed by atoms with Crippen LogP contribution in [0.15, 0.2) is 97.1 Å². The second-order valence-electron chi connectivity index (χ2n) is 8.54. The fraction of sp³-hybridized carbons (Fsp3) is 0.194. The molecule has 0 bridgehead atoms. The minimum absolute atomic E-state index is 0.269. The van der Waals surface area contributed by atoms with Crippen molar-refractivity contribution >= 4 is 5.97 Å². The lowest BCUT2D eigenvalue weighted by Crippen LogP contribution is -2.15. The third kappa shape index (κ3) is 6.82. The van der Waals surface area contributed by atoms with Gasteiger partial charge in [-0.05, 0) is 52.9 Å². The molecule has 1 unspecified atom stereocenters. The van der Waals surface area contributed by atoms with Crippen LogP contribution < -0.4 is 18.9 Å². The van der Waals surface area contributed by atoms with Crippen molar-refractivity contribution in [1.29, 1.82) is 0 Å². The summed E-state index contributed by atoms with van der Waals surface area (Å²) in [4.78, 5) is 12.3. The molecule has 0 heterocycles. The van der Waals surface area contributed by atoms with E-state index in [2.05, 4.69) is 0 Å². The van der Waals surface area contributed by atoms with Gasteiger partial charge in [-0.1, -0.05) is 72.8 Å². The molecule has 0 fully saturated rings. The summed E-state index contributed by atoms with van der Waals surface area (Å²) in [7, 11) is 3.14. The van der Waals surface area contributed by atoms with Crippen molar-refractivity contribution in [2.45, 2.75) is 25.6 Å². The highest BCUT2D eigenvalue weighted by Crippen LogP contribution is 2.35. The summed E-state index contributed by atoms with van der Waals surface area (Å²) in [6.45, 7) is 0.725. The Bertz CT molecular complexity index is 1300. The third-order valence-electron chi connectivity index (χ3n) is 6.03. The highest BCUT2D eigenvalue weighted by atomic mass is 16.5. The average Bonchev–Trinajstić information content (AvgIpc) is 2.94. The number of carboxylic acid groups (broad SMARTS) is 1. The van der Waals surface area contributed by atoms with E-state index in [1.54, 1.807) is 38.5 Å². The number of benzene rings is 4. The Morgan fingerprint density at radius 2 is 1.16 bits per heavy atom. The van der Waals surface area contributed by atoms with Gasteiger partial charge in [0, 0.05) is 0 Å². The molecule has 0 radical (unpaired) electrons. The molecule has 0 aromatic heterocycles. The molecule has 0 spiro atoms. The highest BCUT2D eigenvalue weighted by Gasteiger charge is 2.23. The standard InChI is InChI=1S/C31H30O6/c1-34-27-15-13-24(18-29(27)36-20-22-9-5-3-6-10-22)17-26(31(32)33)25-14-16-28(35-2)30(19-25)37-21-23-11-7-4-8-12-23/h3-16,18-19,26H,17,20-21H2,1-2H3,(H,32,33). The Morgan fingerprint density at radius 3 is 1.68 bits per heavy atom. The van der Waals surface area contributed by atoms with E-state index >= 15 is 0 Å². The van der Waals surface area contributed by atoms with Crippen molar-refractivity contribution in [3.8, 4) is 23.0 Å². The van der Waals surface area contributed by atoms with Crippen LogP contribution in [0.3, 0.4) is 0 Å². The van der Waals surface area contributed by atoms with E-state index in [9.17, 15) is 9.90 Å². The van der Waals surface area contributed by atoms with Crippen LogP contribution in [0.1, 0.15) is 28.2 Å². The lowest BCUT2D eigenvalue weighted by molar-refractivity contribution is -0.138. The number of methoxy groups -OCH3 is 2. The summed E-state index contributed by atoms with van der Waals surface area (Å²) in [5.74, 6) is 0.478. The van der Waals surface area contributed by atoms with Gasteiger partial charge in [0.2, 0.25) is 0 Å². The number of rotatable bonds is 12. The number of hydrogen-bond acceptors (Lipinski definition) is 5. The molecule has 37 heavy (non-hydrogen) atoms. The molecule has 4 aromatic carbocycles. The second kappa shape index (κ2) is 12.5. The van der Waals surface area contributed by atoms with Gasteiger partial charge in [-0.2, -0.15) is 0 Å². The predicted molar refractivity (Wildman–Crippen MR) is 142 cm³/mol. The molecule has 0 saturated heterocycles. The van der Waals surface area contributed by atoms with Crippen molar-refractivity contribution in [3.63, 3.8) is 0 Å². The molecule has 0 amide bonds. The molecule has 0 aliphatic heterocycles. The van der Waals surface area contributed by atoms with Gasteiger partial charge in [0.1, 0.15) is 13.2 Å². The van der Waals surface area contributed by atoms with Gasteiger partial charge in [0.15, 0.2) is 23.0 Å². The molecule has 6 heteroatoms. The molecule has 1 N–H and O–H groups in total. The van der Waals surface area contributed by atoms with Crippen molar-refractivity contribution in [2.75, 3.05) is 14.2 Å². The zero-order valence-corrected chi connectivity index (χ0v) is 20.9. The fourth-order valence-corrected chi connectivity index (χ4v) is 4.04. The van der Waals surface area contributed by atoms with E-state index in [-0.39, 0.29) is 6.42 Å². The molecule has 0 aliphatic carbocycles. The van der Waals surface area contributed by atoms with Crippen LogP contribution in [0.2, 0.25) is 0 Å². The first-order valence-corrected chi connectivity index (χ1v) is 12.0. The summed E-state index contributed by atoms with van der Waals surface area (Å²) >= 11 is 0. The summed E-state index contributed by atoms with van der Waals surface area (Å²) in [6, 6.07) is 30.4. The second-order valence-corrected chi connectivity index (χ2v) is 8.54. The van der Waals surface area contributed by atoms with Gasteiger partial charge >= 0.3 is 5.97 Å². The van der Waals surface area contributed by atoms with E-state index in [4.69, 9.17) is 18.9 Å². The zero-order chi connectivity index (χ0) is 26.0. The fourth-order valence-electron chi connectivity index (χ4n) is 4.04. The first-order chi connectivity index (χ1) is 18.1. The molecular formula is C31H30O6. The number of carboxylic acids is 1. The topological polar surface area (TPSA) is 74.2 Å². The summed E-state index contributed by atoms with van der Waals surface area (Å²) in [5.41, 5.74) is 3.48. The van der Waals surface area contributed by atoms with Gasteiger partial charge in [-0.15, -0.1) is 0 Å². The van der Waals surface area contributed by atoms with Crippen LogP contribution in [-0.4, -0.2) is 25.3 Å². The quantitative estimate of drug-likeness (QED) is 0.248. The van der Waals surface area contributed by atoms with Gasteiger partial charge in [-0.25, -0.2) is 0 Å². The normalized spacial score (nSPS) is 11.4. The Kier molecular flexibility index (Phi) is 8.66. The van der Waals surface area contributed by atoms with Crippen molar-refractivity contribution in [1.82, 2.24) is 0 Å². The highest BCUT2D eigenvalue weighted by molar-refractivity contribution is 5.77. The molecule has 6 nitrogen and oxygen atoms in total. The summed E-state index contributed by atoms with van der Waals surface area (Å²) in [6.07, 6.45) is 0.269. The van der Waals surface area contributed by atoms with Gasteiger partial charge in [0.25, 0.3) is 0 Å². The third-order valence-corrected chi connectivity index (χ3v) is 6.03. The van der Waals surface area contributed by atoms with Crippen molar-refractivity contribution in [2.24, 2.45) is 0 Å². The first-order valence-electron chi connectivity index (χ1n) is 12.0. The molecule has 4 aromatic rings. The van der Waals surface area contributed by atoms with E-state index in [0.29, 0.717) is 41.8 Å². The minimum Gasteiger partial charge on any atom is -0.493 e. The molecule has 1 atom stereocenters. The maximum Gasteiger partial charge on any atom is 0.311 e. The van der Waals surface area contributed by atoms with E-state index < -0.39 is 11.9 Å². The van der Waals surface area contributed by atoms with Crippen LogP contribution in [0, 0.1) is 0 Å². The van der Waals surface area contributed by atoms with Gasteiger partial charge in [-0.3, -0.25) is 4.79 Å². The number of hydrogen-bond donors (Lipinski definition) is 1. The SMILES string of the molecule is COc1ccc(CC(C(=O)O)c2ccc(OC)c(OCc3ccccc3)c2)cc1OCc1ccccc1. The van der Waals surface area contributed by atoms with Crippen LogP contribution in [0.4, 0.5) is 0 Å². The van der Waals surface area contributed by atoms with Crippen LogP contribution >= 0.6 is 0 Å². The van der Waals surface area contributed by atoms with E-state index in [1.165, 1.54) is 0 Å². The van der Waals surface area contributed by atoms with Crippen molar-refractivity contribution < 1.29 is 28.8 Å². The smallest absolute Gasteiger partial charge is 0.311 e. The Labute approximate surface area is 217 Å². The molecule has 190 valence electrons. The molecule has 4 rings (SSSR count). The maximum absolute atomic E-state index is 12.3. The largest absolute Gasteiger partial charge is 0.493 e. The molecule has 0 aliphatic rings. The van der Waals surface area contributed by atoms with Crippen LogP contribution in [0.5, 0.6) is 23.0 Å². The Morgan fingerprint density at radius 1 is 0.649 bits per heavy atom. The van der Waals surface area contributed by atoms with E-state index in [1.807, 2.05) is 72.8 Å². The average molecular weight is 499 g/mol.